The highest BCUT2D eigenvalue weighted by molar-refractivity contribution is 5.55. The van der Waals surface area contributed by atoms with E-state index in [9.17, 15) is 5.11 Å². The Morgan fingerprint density at radius 1 is 1.06 bits per heavy atom. The second-order valence-electron chi connectivity index (χ2n) is 8.11. The molecule has 1 unspecified atom stereocenters. The zero-order valence-electron chi connectivity index (χ0n) is 19.0. The molecule has 0 radical (unpaired) electrons. The molecule has 1 atom stereocenters. The third-order valence-electron chi connectivity index (χ3n) is 5.62. The van der Waals surface area contributed by atoms with Crippen LogP contribution < -0.4 is 9.47 Å². The molecule has 2 aromatic rings. The Kier molecular flexibility index (Phi) is 9.12. The molecule has 32 heavy (non-hydrogen) atoms. The van der Waals surface area contributed by atoms with Crippen LogP contribution in [0.2, 0.25) is 0 Å². The second-order valence-corrected chi connectivity index (χ2v) is 8.11. The van der Waals surface area contributed by atoms with Crippen molar-refractivity contribution in [1.82, 2.24) is 9.80 Å². The van der Waals surface area contributed by atoms with E-state index in [0.717, 1.165) is 44.7 Å². The van der Waals surface area contributed by atoms with Gasteiger partial charge in [-0.1, -0.05) is 30.4 Å². The Hall–Kier alpha value is -2.85. The van der Waals surface area contributed by atoms with E-state index in [2.05, 4.69) is 15.9 Å². The van der Waals surface area contributed by atoms with E-state index < -0.39 is 6.10 Å². The molecule has 1 N–H and O–H groups in total. The van der Waals surface area contributed by atoms with E-state index in [0.29, 0.717) is 23.6 Å². The predicted molar refractivity (Wildman–Crippen MR) is 127 cm³/mol. The van der Waals surface area contributed by atoms with Crippen molar-refractivity contribution in [2.24, 2.45) is 0 Å². The molecule has 3 rings (SSSR count). The Labute approximate surface area is 191 Å². The van der Waals surface area contributed by atoms with Gasteiger partial charge in [-0.15, -0.1) is 0 Å². The fourth-order valence-electron chi connectivity index (χ4n) is 3.94. The molecule has 6 heteroatoms. The number of hydrogen-bond donors (Lipinski definition) is 1. The minimum atomic E-state index is -0.569. The monoisotopic (exact) mass is 435 g/mol. The normalized spacial score (nSPS) is 16.4. The molecule has 0 bridgehead atoms. The zero-order valence-corrected chi connectivity index (χ0v) is 19.0. The molecule has 1 saturated heterocycles. The van der Waals surface area contributed by atoms with E-state index in [1.54, 1.807) is 7.11 Å². The van der Waals surface area contributed by atoms with Crippen molar-refractivity contribution in [1.29, 1.82) is 5.26 Å². The van der Waals surface area contributed by atoms with Gasteiger partial charge < -0.3 is 14.6 Å². The highest BCUT2D eigenvalue weighted by Gasteiger charge is 2.18. The van der Waals surface area contributed by atoms with Crippen molar-refractivity contribution >= 4 is 6.08 Å². The van der Waals surface area contributed by atoms with Crippen LogP contribution in [-0.2, 0) is 6.54 Å². The second kappa shape index (κ2) is 12.3. The number of hydrogen-bond acceptors (Lipinski definition) is 6. The van der Waals surface area contributed by atoms with E-state index >= 15 is 0 Å². The molecule has 1 heterocycles. The molecule has 0 spiro atoms. The fourth-order valence-corrected chi connectivity index (χ4v) is 3.94. The zero-order chi connectivity index (χ0) is 22.8. The van der Waals surface area contributed by atoms with Gasteiger partial charge in [-0.3, -0.25) is 9.80 Å². The van der Waals surface area contributed by atoms with Gasteiger partial charge in [-0.05, 0) is 61.8 Å². The van der Waals surface area contributed by atoms with Gasteiger partial charge in [0.15, 0.2) is 11.5 Å². The minimum Gasteiger partial charge on any atom is -0.493 e. The van der Waals surface area contributed by atoms with Crippen LogP contribution in [0, 0.1) is 11.3 Å². The summed E-state index contributed by atoms with van der Waals surface area (Å²) < 4.78 is 11.3. The third-order valence-corrected chi connectivity index (χ3v) is 5.62. The first-order chi connectivity index (χ1) is 15.6. The number of nitriles is 1. The van der Waals surface area contributed by atoms with Crippen molar-refractivity contribution in [3.05, 3.63) is 65.2 Å². The van der Waals surface area contributed by atoms with Crippen molar-refractivity contribution in [3.8, 4) is 17.6 Å². The van der Waals surface area contributed by atoms with Crippen LogP contribution in [0.1, 0.15) is 30.0 Å². The van der Waals surface area contributed by atoms with Crippen LogP contribution in [0.3, 0.4) is 0 Å². The van der Waals surface area contributed by atoms with Crippen molar-refractivity contribution < 1.29 is 14.6 Å². The summed E-state index contributed by atoms with van der Waals surface area (Å²) in [6.07, 6.45) is 4.47. The number of β-amino-alcohol motifs (C(OH)–C–C–N with tert-alkyl or cyclic N) is 1. The van der Waals surface area contributed by atoms with Crippen LogP contribution >= 0.6 is 0 Å². The number of allylic oxidation sites excluding steroid dienone is 1. The number of rotatable bonds is 9. The average Bonchev–Trinajstić information content (AvgIpc) is 3.03. The third kappa shape index (κ3) is 7.10. The van der Waals surface area contributed by atoms with Crippen molar-refractivity contribution in [2.75, 3.05) is 46.4 Å². The molecule has 0 aromatic heterocycles. The first-order valence-corrected chi connectivity index (χ1v) is 11.2. The van der Waals surface area contributed by atoms with E-state index in [1.807, 2.05) is 61.5 Å². The number of aliphatic hydroxyl groups is 1. The van der Waals surface area contributed by atoms with Crippen molar-refractivity contribution in [2.45, 2.75) is 26.0 Å². The molecule has 2 aromatic carbocycles. The molecule has 170 valence electrons. The summed E-state index contributed by atoms with van der Waals surface area (Å²) in [5.74, 6) is 1.31. The van der Waals surface area contributed by atoms with Crippen LogP contribution in [-0.4, -0.2) is 67.5 Å². The minimum absolute atomic E-state index is 0.227. The maximum Gasteiger partial charge on any atom is 0.161 e. The van der Waals surface area contributed by atoms with E-state index in [4.69, 9.17) is 14.7 Å². The lowest BCUT2D eigenvalue weighted by atomic mass is 10.1. The van der Waals surface area contributed by atoms with Crippen LogP contribution in [0.25, 0.3) is 6.08 Å². The summed E-state index contributed by atoms with van der Waals surface area (Å²) in [4.78, 5) is 4.74. The lowest BCUT2D eigenvalue weighted by Gasteiger charge is -2.24. The summed E-state index contributed by atoms with van der Waals surface area (Å²) in [6.45, 7) is 7.52. The predicted octanol–water partition coefficient (Wildman–Crippen LogP) is 3.55. The van der Waals surface area contributed by atoms with Crippen LogP contribution in [0.15, 0.2) is 48.5 Å². The Morgan fingerprint density at radius 3 is 2.53 bits per heavy atom. The molecule has 0 aliphatic carbocycles. The summed E-state index contributed by atoms with van der Waals surface area (Å²) in [5.41, 5.74) is 2.96. The molecule has 1 aliphatic rings. The van der Waals surface area contributed by atoms with Gasteiger partial charge in [0.2, 0.25) is 0 Å². The Balaban J connectivity index is 1.45. The quantitative estimate of drug-likeness (QED) is 0.650. The Bertz CT molecular complexity index is 921. The SMILES string of the molecule is C/C=C/c1ccc(OCC(O)CN2CCCN(Cc3ccc(C#N)cc3)CC2)c(OC)c1. The molecule has 0 amide bonds. The Morgan fingerprint density at radius 2 is 1.81 bits per heavy atom. The van der Waals surface area contributed by atoms with E-state index in [1.165, 1.54) is 5.56 Å². The first kappa shape index (κ1) is 23.8. The first-order valence-electron chi connectivity index (χ1n) is 11.2. The van der Waals surface area contributed by atoms with Gasteiger partial charge in [0.25, 0.3) is 0 Å². The number of ether oxygens (including phenoxy) is 2. The van der Waals surface area contributed by atoms with Gasteiger partial charge in [0.1, 0.15) is 12.7 Å². The number of methoxy groups -OCH3 is 1. The molecule has 1 aliphatic heterocycles. The summed E-state index contributed by atoms with van der Waals surface area (Å²) in [6, 6.07) is 15.8. The molecular weight excluding hydrogens is 402 g/mol. The van der Waals surface area contributed by atoms with Gasteiger partial charge in [0, 0.05) is 26.2 Å². The molecule has 6 nitrogen and oxygen atoms in total. The average molecular weight is 436 g/mol. The van der Waals surface area contributed by atoms with Crippen molar-refractivity contribution in [3.63, 3.8) is 0 Å². The lowest BCUT2D eigenvalue weighted by molar-refractivity contribution is 0.0682. The highest BCUT2D eigenvalue weighted by Crippen LogP contribution is 2.28. The molecule has 0 saturated carbocycles. The standard InChI is InChI=1S/C26H33N3O3/c1-3-5-21-10-11-25(26(16-21)31-2)32-20-24(30)19-29-13-4-12-28(14-15-29)18-23-8-6-22(17-27)7-9-23/h3,5-11,16,24,30H,4,12-15,18-20H2,1-2H3/b5-3+. The number of nitrogens with zero attached hydrogens (tertiary/aromatic N) is 3. The fraction of sp³-hybridized carbons (Fsp3) is 0.423. The van der Waals surface area contributed by atoms with E-state index in [-0.39, 0.29) is 6.61 Å². The van der Waals surface area contributed by atoms with Gasteiger partial charge in [-0.25, -0.2) is 0 Å². The summed E-state index contributed by atoms with van der Waals surface area (Å²) in [5, 5.41) is 19.5. The topological polar surface area (TPSA) is 69.0 Å². The maximum absolute atomic E-state index is 10.5. The maximum atomic E-state index is 10.5. The van der Waals surface area contributed by atoms with Crippen LogP contribution in [0.5, 0.6) is 11.5 Å². The smallest absolute Gasteiger partial charge is 0.161 e. The van der Waals surface area contributed by atoms with Gasteiger partial charge in [-0.2, -0.15) is 5.26 Å². The number of benzene rings is 2. The number of aliphatic hydroxyl groups excluding tert-OH is 1. The van der Waals surface area contributed by atoms with Gasteiger partial charge >= 0.3 is 0 Å². The lowest BCUT2D eigenvalue weighted by Crippen LogP contribution is -2.38. The largest absolute Gasteiger partial charge is 0.493 e. The molecule has 1 fully saturated rings. The van der Waals surface area contributed by atoms with Gasteiger partial charge in [0.05, 0.1) is 18.7 Å². The summed E-state index contributed by atoms with van der Waals surface area (Å²) >= 11 is 0. The highest BCUT2D eigenvalue weighted by atomic mass is 16.5. The summed E-state index contributed by atoms with van der Waals surface area (Å²) in [7, 11) is 1.62. The van der Waals surface area contributed by atoms with Crippen LogP contribution in [0.4, 0.5) is 0 Å². The molecular formula is C26H33N3O3.